The van der Waals surface area contributed by atoms with E-state index >= 15 is 0 Å². The number of rotatable bonds is 6. The van der Waals surface area contributed by atoms with E-state index in [0.717, 1.165) is 22.3 Å². The van der Waals surface area contributed by atoms with Crippen LogP contribution in [0.5, 0.6) is 11.5 Å². The summed E-state index contributed by atoms with van der Waals surface area (Å²) >= 11 is 0. The summed E-state index contributed by atoms with van der Waals surface area (Å²) in [5.74, 6) is 1.24. The maximum atomic E-state index is 12.9. The molecule has 0 aromatic heterocycles. The molecule has 0 saturated heterocycles. The van der Waals surface area contributed by atoms with Gasteiger partial charge in [-0.05, 0) is 148 Å². The summed E-state index contributed by atoms with van der Waals surface area (Å²) in [7, 11) is 0. The molecular formula is C32H30O3. The molecule has 0 heterocycles. The fourth-order valence-electron chi connectivity index (χ4n) is 4.15. The Bertz CT molecular complexity index is 1270. The summed E-state index contributed by atoms with van der Waals surface area (Å²) in [6.07, 6.45) is 0. The largest absolute Gasteiger partial charge is 0.457 e. The second kappa shape index (κ2) is 9.71. The maximum absolute atomic E-state index is 12.9. The molecule has 3 nitrogen and oxygen atoms in total. The number of carbonyl (C=O) groups is 2. The van der Waals surface area contributed by atoms with Gasteiger partial charge in [0.15, 0.2) is 11.6 Å². The Labute approximate surface area is 207 Å². The third-order valence-electron chi connectivity index (χ3n) is 6.85. The summed E-state index contributed by atoms with van der Waals surface area (Å²) in [4.78, 5) is 25.9. The van der Waals surface area contributed by atoms with Gasteiger partial charge in [0.1, 0.15) is 11.5 Å². The maximum Gasteiger partial charge on any atom is 0.193 e. The number of ketones is 2. The first-order valence-electron chi connectivity index (χ1n) is 11.8. The summed E-state index contributed by atoms with van der Waals surface area (Å²) in [5, 5.41) is 0. The molecule has 176 valence electrons. The van der Waals surface area contributed by atoms with Gasteiger partial charge in [-0.1, -0.05) is 0 Å². The zero-order valence-corrected chi connectivity index (χ0v) is 21.2. The smallest absolute Gasteiger partial charge is 0.193 e. The first-order valence-corrected chi connectivity index (χ1v) is 11.8. The lowest BCUT2D eigenvalue weighted by molar-refractivity contribution is 0.103. The molecule has 0 fully saturated rings. The molecule has 0 spiro atoms. The number of hydrogen-bond donors (Lipinski definition) is 0. The van der Waals surface area contributed by atoms with E-state index in [1.807, 2.05) is 52.0 Å². The minimum atomic E-state index is -0.00723. The third kappa shape index (κ3) is 5.09. The molecule has 0 aliphatic carbocycles. The first kappa shape index (κ1) is 24.2. The van der Waals surface area contributed by atoms with Gasteiger partial charge in [0.25, 0.3) is 0 Å². The first-order chi connectivity index (χ1) is 16.6. The third-order valence-corrected chi connectivity index (χ3v) is 6.85. The molecule has 4 rings (SSSR count). The van der Waals surface area contributed by atoms with Crippen LogP contribution in [0.3, 0.4) is 0 Å². The van der Waals surface area contributed by atoms with Gasteiger partial charge in [-0.25, -0.2) is 0 Å². The van der Waals surface area contributed by atoms with E-state index in [9.17, 15) is 9.59 Å². The van der Waals surface area contributed by atoms with Gasteiger partial charge < -0.3 is 4.74 Å². The Kier molecular flexibility index (Phi) is 6.70. The van der Waals surface area contributed by atoms with E-state index in [0.29, 0.717) is 33.8 Å². The Hall–Kier alpha value is -3.98. The number of hydrogen-bond acceptors (Lipinski definition) is 3. The van der Waals surface area contributed by atoms with Crippen molar-refractivity contribution in [1.29, 1.82) is 0 Å². The van der Waals surface area contributed by atoms with Gasteiger partial charge in [0, 0.05) is 22.3 Å². The van der Waals surface area contributed by atoms with E-state index in [4.69, 9.17) is 4.74 Å². The SMILES string of the molecule is Cc1cc(C(=O)c2ccc(Oc3ccc(C(=O)c4cc(C)c(C)c(C)c4)cc3)cc2)cc(C)c1C. The van der Waals surface area contributed by atoms with Gasteiger partial charge in [-0.15, -0.1) is 0 Å². The second-order valence-electron chi connectivity index (χ2n) is 9.28. The van der Waals surface area contributed by atoms with E-state index in [-0.39, 0.29) is 11.6 Å². The summed E-state index contributed by atoms with van der Waals surface area (Å²) < 4.78 is 5.94. The molecule has 4 aromatic rings. The zero-order chi connectivity index (χ0) is 25.3. The average molecular weight is 463 g/mol. The lowest BCUT2D eigenvalue weighted by Gasteiger charge is -2.10. The van der Waals surface area contributed by atoms with E-state index in [1.54, 1.807) is 48.5 Å². The van der Waals surface area contributed by atoms with Crippen LogP contribution < -0.4 is 4.74 Å². The molecule has 3 heteroatoms. The van der Waals surface area contributed by atoms with E-state index < -0.39 is 0 Å². The van der Waals surface area contributed by atoms with E-state index in [1.165, 1.54) is 11.1 Å². The molecule has 0 aliphatic rings. The van der Waals surface area contributed by atoms with Crippen LogP contribution in [-0.2, 0) is 0 Å². The van der Waals surface area contributed by atoms with Crippen LogP contribution in [-0.4, -0.2) is 11.6 Å². The van der Waals surface area contributed by atoms with Gasteiger partial charge in [0.05, 0.1) is 0 Å². The normalized spacial score (nSPS) is 10.8. The lowest BCUT2D eigenvalue weighted by atomic mass is 9.96. The van der Waals surface area contributed by atoms with Crippen molar-refractivity contribution in [3.05, 3.63) is 128 Å². The molecule has 0 amide bonds. The van der Waals surface area contributed by atoms with Crippen molar-refractivity contribution in [1.82, 2.24) is 0 Å². The molecule has 0 N–H and O–H groups in total. The molecule has 0 bridgehead atoms. The van der Waals surface area contributed by atoms with Crippen molar-refractivity contribution < 1.29 is 14.3 Å². The average Bonchev–Trinajstić information content (AvgIpc) is 2.85. The highest BCUT2D eigenvalue weighted by molar-refractivity contribution is 6.10. The van der Waals surface area contributed by atoms with Crippen LogP contribution in [0, 0.1) is 41.5 Å². The van der Waals surface area contributed by atoms with Gasteiger partial charge in [-0.2, -0.15) is 0 Å². The van der Waals surface area contributed by atoms with E-state index in [2.05, 4.69) is 13.8 Å². The molecule has 0 unspecified atom stereocenters. The minimum absolute atomic E-state index is 0.00723. The number of carbonyl (C=O) groups excluding carboxylic acids is 2. The zero-order valence-electron chi connectivity index (χ0n) is 21.2. The van der Waals surface area contributed by atoms with Crippen LogP contribution in [0.15, 0.2) is 72.8 Å². The number of benzene rings is 4. The molecule has 0 radical (unpaired) electrons. The lowest BCUT2D eigenvalue weighted by Crippen LogP contribution is -2.04. The van der Waals surface area contributed by atoms with Crippen LogP contribution in [0.2, 0.25) is 0 Å². The second-order valence-corrected chi connectivity index (χ2v) is 9.28. The Morgan fingerprint density at radius 2 is 0.743 bits per heavy atom. The van der Waals surface area contributed by atoms with Gasteiger partial charge >= 0.3 is 0 Å². The topological polar surface area (TPSA) is 43.4 Å². The summed E-state index contributed by atoms with van der Waals surface area (Å²) in [5.41, 5.74) is 9.49. The molecule has 35 heavy (non-hydrogen) atoms. The van der Waals surface area contributed by atoms with Crippen molar-refractivity contribution >= 4 is 11.6 Å². The number of aryl methyl sites for hydroxylation is 4. The highest BCUT2D eigenvalue weighted by atomic mass is 16.5. The van der Waals surface area contributed by atoms with Crippen LogP contribution in [0.4, 0.5) is 0 Å². The van der Waals surface area contributed by atoms with Crippen molar-refractivity contribution in [2.24, 2.45) is 0 Å². The fourth-order valence-corrected chi connectivity index (χ4v) is 4.15. The highest BCUT2D eigenvalue weighted by Gasteiger charge is 2.13. The fraction of sp³-hybridized carbons (Fsp3) is 0.188. The Morgan fingerprint density at radius 3 is 1.03 bits per heavy atom. The predicted octanol–water partition coefficient (Wildman–Crippen LogP) is 7.79. The number of ether oxygens (including phenoxy) is 1. The molecule has 4 aromatic carbocycles. The minimum Gasteiger partial charge on any atom is -0.457 e. The Balaban J connectivity index is 1.47. The summed E-state index contributed by atoms with van der Waals surface area (Å²) in [6.45, 7) is 12.2. The quantitative estimate of drug-likeness (QED) is 0.275. The molecule has 0 saturated carbocycles. The van der Waals surface area contributed by atoms with Gasteiger partial charge in [-0.3, -0.25) is 9.59 Å². The van der Waals surface area contributed by atoms with Crippen LogP contribution in [0.1, 0.15) is 65.2 Å². The highest BCUT2D eigenvalue weighted by Crippen LogP contribution is 2.25. The Morgan fingerprint density at radius 1 is 0.457 bits per heavy atom. The van der Waals surface area contributed by atoms with Crippen LogP contribution in [0.25, 0.3) is 0 Å². The molecule has 0 atom stereocenters. The summed E-state index contributed by atoms with van der Waals surface area (Å²) in [6, 6.07) is 22.0. The van der Waals surface area contributed by atoms with Crippen molar-refractivity contribution in [2.45, 2.75) is 41.5 Å². The van der Waals surface area contributed by atoms with Crippen molar-refractivity contribution in [2.75, 3.05) is 0 Å². The van der Waals surface area contributed by atoms with Crippen LogP contribution >= 0.6 is 0 Å². The van der Waals surface area contributed by atoms with Gasteiger partial charge in [0.2, 0.25) is 0 Å². The molecule has 0 aliphatic heterocycles. The van der Waals surface area contributed by atoms with Crippen molar-refractivity contribution in [3.8, 4) is 11.5 Å². The van der Waals surface area contributed by atoms with Crippen molar-refractivity contribution in [3.63, 3.8) is 0 Å². The predicted molar refractivity (Wildman–Crippen MR) is 141 cm³/mol. The monoisotopic (exact) mass is 462 g/mol. The standard InChI is InChI=1S/C32H30O3/c1-19-15-27(16-20(2)23(19)5)31(33)25-7-11-29(12-8-25)35-30-13-9-26(10-14-30)32(34)28-17-21(3)24(6)22(4)18-28/h7-18H,1-6H3. The molecular weight excluding hydrogens is 432 g/mol.